The third-order valence-corrected chi connectivity index (χ3v) is 5.92. The van der Waals surface area contributed by atoms with E-state index in [-0.39, 0.29) is 28.4 Å². The molecule has 0 aliphatic rings. The average molecular weight is 480 g/mol. The molecule has 2 aromatic carbocycles. The first-order valence-electron chi connectivity index (χ1n) is 9.51. The molecule has 0 bridgehead atoms. The number of nitrogens with one attached hydrogen (secondary N) is 1. The Hall–Kier alpha value is -3.44. The largest absolute Gasteiger partial charge is 0.416 e. The van der Waals surface area contributed by atoms with Gasteiger partial charge < -0.3 is 15.0 Å². The smallest absolute Gasteiger partial charge is 0.390 e. The van der Waals surface area contributed by atoms with E-state index in [4.69, 9.17) is 5.11 Å². The fourth-order valence-electron chi connectivity index (χ4n) is 3.08. The van der Waals surface area contributed by atoms with Crippen molar-refractivity contribution in [1.29, 1.82) is 0 Å². The first kappa shape index (κ1) is 24.2. The number of pyridine rings is 1. The van der Waals surface area contributed by atoms with Crippen molar-refractivity contribution < 1.29 is 31.5 Å². The molecule has 3 rings (SSSR count). The van der Waals surface area contributed by atoms with Crippen molar-refractivity contribution in [3.8, 4) is 0 Å². The molecule has 0 aliphatic carbocycles. The Balaban J connectivity index is 2.07. The molecule has 1 heterocycles. The van der Waals surface area contributed by atoms with Crippen LogP contribution in [0, 0.1) is 0 Å². The Morgan fingerprint density at radius 2 is 1.73 bits per heavy atom. The van der Waals surface area contributed by atoms with Gasteiger partial charge in [-0.2, -0.15) is 13.2 Å². The predicted octanol–water partition coefficient (Wildman–Crippen LogP) is 3.14. The van der Waals surface area contributed by atoms with Gasteiger partial charge in [-0.05, 0) is 48.0 Å². The molecule has 0 spiro atoms. The van der Waals surface area contributed by atoms with Crippen LogP contribution in [0.5, 0.6) is 0 Å². The fraction of sp³-hybridized carbons (Fsp3) is 0.182. The number of nitrogens with zero attached hydrogens (tertiary/aromatic N) is 1. The Morgan fingerprint density at radius 3 is 2.27 bits per heavy atom. The minimum Gasteiger partial charge on any atom is -0.390 e. The number of aromatic nitrogens is 1. The van der Waals surface area contributed by atoms with Gasteiger partial charge in [0.15, 0.2) is 9.84 Å². The molecule has 0 fully saturated rings. The lowest BCUT2D eigenvalue weighted by molar-refractivity contribution is -0.137. The molecule has 0 atom stereocenters. The van der Waals surface area contributed by atoms with Gasteiger partial charge in [-0.1, -0.05) is 18.2 Å². The van der Waals surface area contributed by atoms with Crippen molar-refractivity contribution in [1.82, 2.24) is 4.98 Å². The number of carbonyl (C=O) groups excluding carboxylic acids is 1. The van der Waals surface area contributed by atoms with Gasteiger partial charge >= 0.3 is 6.18 Å². The van der Waals surface area contributed by atoms with Crippen LogP contribution < -0.4 is 10.5 Å². The number of benzene rings is 2. The number of anilines is 1. The molecule has 11 heteroatoms. The van der Waals surface area contributed by atoms with Gasteiger partial charge in [0.2, 0.25) is 0 Å². The van der Waals surface area contributed by atoms with Crippen LogP contribution in [0.15, 0.2) is 70.4 Å². The Kier molecular flexibility index (Phi) is 6.75. The van der Waals surface area contributed by atoms with Crippen molar-refractivity contribution in [2.45, 2.75) is 24.2 Å². The van der Waals surface area contributed by atoms with E-state index in [9.17, 15) is 31.2 Å². The van der Waals surface area contributed by atoms with Crippen LogP contribution in [0.25, 0.3) is 0 Å². The van der Waals surface area contributed by atoms with Gasteiger partial charge in [-0.3, -0.25) is 9.59 Å². The van der Waals surface area contributed by atoms with Gasteiger partial charge in [0.1, 0.15) is 5.56 Å². The van der Waals surface area contributed by atoms with E-state index < -0.39 is 39.7 Å². The first-order valence-corrected chi connectivity index (χ1v) is 11.4. The Bertz CT molecular complexity index is 1330. The van der Waals surface area contributed by atoms with E-state index in [1.54, 1.807) is 0 Å². The summed E-state index contributed by atoms with van der Waals surface area (Å²) in [5.74, 6) is -0.868. The van der Waals surface area contributed by atoms with Gasteiger partial charge in [0, 0.05) is 17.6 Å². The number of hydrogen-bond acceptors (Lipinski definition) is 5. The maximum Gasteiger partial charge on any atom is 0.416 e. The maximum atomic E-state index is 13.2. The van der Waals surface area contributed by atoms with Crippen molar-refractivity contribution in [3.63, 3.8) is 0 Å². The minimum absolute atomic E-state index is 0.0410. The number of hydrogen-bond donors (Lipinski definition) is 2. The minimum atomic E-state index is -4.65. The highest BCUT2D eigenvalue weighted by atomic mass is 32.2. The number of amides is 1. The SMILES string of the molecule is CS(=O)(=O)c1ccc(CN(C(=O)c2ccc(CO)[nH]c2=O)c2cccc(C(F)(F)F)c2)cc1. The van der Waals surface area contributed by atoms with E-state index in [0.717, 1.165) is 29.4 Å². The lowest BCUT2D eigenvalue weighted by atomic mass is 10.1. The normalized spacial score (nSPS) is 11.9. The van der Waals surface area contributed by atoms with Crippen molar-refractivity contribution >= 4 is 21.4 Å². The van der Waals surface area contributed by atoms with Crippen LogP contribution >= 0.6 is 0 Å². The van der Waals surface area contributed by atoms with Gasteiger partial charge in [-0.25, -0.2) is 8.42 Å². The Labute approximate surface area is 187 Å². The zero-order valence-electron chi connectivity index (χ0n) is 17.3. The summed E-state index contributed by atoms with van der Waals surface area (Å²) in [6.45, 7) is -0.695. The molecule has 0 unspecified atom stereocenters. The van der Waals surface area contributed by atoms with E-state index in [1.165, 1.54) is 42.5 Å². The topological polar surface area (TPSA) is 108 Å². The maximum absolute atomic E-state index is 13.2. The van der Waals surface area contributed by atoms with Crippen molar-refractivity contribution in [2.75, 3.05) is 11.2 Å². The highest BCUT2D eigenvalue weighted by molar-refractivity contribution is 7.90. The zero-order valence-corrected chi connectivity index (χ0v) is 18.1. The highest BCUT2D eigenvalue weighted by Gasteiger charge is 2.31. The quantitative estimate of drug-likeness (QED) is 0.564. The molecule has 0 radical (unpaired) electrons. The second-order valence-corrected chi connectivity index (χ2v) is 9.26. The molecule has 0 saturated carbocycles. The number of aliphatic hydroxyl groups is 1. The second kappa shape index (κ2) is 9.20. The molecule has 3 aromatic rings. The molecule has 174 valence electrons. The summed E-state index contributed by atoms with van der Waals surface area (Å²) >= 11 is 0. The van der Waals surface area contributed by atoms with Crippen LogP contribution in [-0.4, -0.2) is 30.7 Å². The molecule has 0 saturated heterocycles. The molecular formula is C22H19F3N2O5S. The summed E-state index contributed by atoms with van der Waals surface area (Å²) in [5, 5.41) is 9.15. The lowest BCUT2D eigenvalue weighted by Gasteiger charge is -2.24. The number of sulfone groups is 1. The number of aliphatic hydroxyl groups excluding tert-OH is 1. The predicted molar refractivity (Wildman–Crippen MR) is 114 cm³/mol. The Morgan fingerprint density at radius 1 is 1.06 bits per heavy atom. The molecular weight excluding hydrogens is 461 g/mol. The number of aromatic amines is 1. The summed E-state index contributed by atoms with van der Waals surface area (Å²) in [7, 11) is -3.47. The van der Waals surface area contributed by atoms with Crippen molar-refractivity contribution in [2.24, 2.45) is 0 Å². The monoisotopic (exact) mass is 480 g/mol. The summed E-state index contributed by atoms with van der Waals surface area (Å²) in [5.41, 5.74) is -1.63. The average Bonchev–Trinajstić information content (AvgIpc) is 2.76. The van der Waals surface area contributed by atoms with Crippen LogP contribution in [0.4, 0.5) is 18.9 Å². The third-order valence-electron chi connectivity index (χ3n) is 4.79. The molecule has 1 aromatic heterocycles. The van der Waals surface area contributed by atoms with Crippen LogP contribution in [0.3, 0.4) is 0 Å². The van der Waals surface area contributed by atoms with Gasteiger partial charge in [-0.15, -0.1) is 0 Å². The van der Waals surface area contributed by atoms with Gasteiger partial charge in [0.05, 0.1) is 23.6 Å². The van der Waals surface area contributed by atoms with Crippen LogP contribution in [-0.2, 0) is 29.2 Å². The van der Waals surface area contributed by atoms with E-state index in [1.807, 2.05) is 0 Å². The zero-order chi connectivity index (χ0) is 24.4. The van der Waals surface area contributed by atoms with Crippen LogP contribution in [0.1, 0.15) is 27.2 Å². The summed E-state index contributed by atoms with van der Waals surface area (Å²) in [6.07, 6.45) is -3.62. The van der Waals surface area contributed by atoms with E-state index >= 15 is 0 Å². The summed E-state index contributed by atoms with van der Waals surface area (Å²) in [6, 6.07) is 12.1. The molecule has 2 N–H and O–H groups in total. The second-order valence-electron chi connectivity index (χ2n) is 7.24. The number of carbonyl (C=O) groups is 1. The highest BCUT2D eigenvalue weighted by Crippen LogP contribution is 2.32. The van der Waals surface area contributed by atoms with Crippen molar-refractivity contribution in [3.05, 3.63) is 93.4 Å². The third kappa shape index (κ3) is 5.68. The number of rotatable bonds is 6. The molecule has 1 amide bonds. The fourth-order valence-corrected chi connectivity index (χ4v) is 3.71. The molecule has 0 aliphatic heterocycles. The first-order chi connectivity index (χ1) is 15.4. The van der Waals surface area contributed by atoms with E-state index in [2.05, 4.69) is 4.98 Å². The standard InChI is InChI=1S/C22H19F3N2O5S/c1-33(31,32)18-8-5-14(6-9-18)12-27(17-4-2-3-15(11-17)22(23,24)25)21(30)19-10-7-16(13-28)26-20(19)29/h2-11,28H,12-13H2,1H3,(H,26,29). The van der Waals surface area contributed by atoms with E-state index in [0.29, 0.717) is 5.56 Å². The summed E-state index contributed by atoms with van der Waals surface area (Å²) in [4.78, 5) is 28.9. The number of halogens is 3. The summed E-state index contributed by atoms with van der Waals surface area (Å²) < 4.78 is 63.1. The van der Waals surface area contributed by atoms with Gasteiger partial charge in [0.25, 0.3) is 11.5 Å². The number of H-pyrrole nitrogens is 1. The lowest BCUT2D eigenvalue weighted by Crippen LogP contribution is -2.35. The molecule has 33 heavy (non-hydrogen) atoms. The van der Waals surface area contributed by atoms with Crippen LogP contribution in [0.2, 0.25) is 0 Å². The molecule has 7 nitrogen and oxygen atoms in total. The number of alkyl halides is 3.